The summed E-state index contributed by atoms with van der Waals surface area (Å²) in [6, 6.07) is 2.81. The van der Waals surface area contributed by atoms with Crippen LogP contribution < -0.4 is 10.6 Å². The van der Waals surface area contributed by atoms with Gasteiger partial charge in [0, 0.05) is 36.8 Å². The Bertz CT molecular complexity index is 504. The largest absolute Gasteiger partial charge is 0.371 e. The monoisotopic (exact) mass is 294 g/mol. The van der Waals surface area contributed by atoms with Crippen LogP contribution in [0.4, 0.5) is 14.5 Å². The zero-order valence-electron chi connectivity index (χ0n) is 12.5. The van der Waals surface area contributed by atoms with Crippen molar-refractivity contribution in [2.75, 3.05) is 24.5 Å². The van der Waals surface area contributed by atoms with Gasteiger partial charge in [0.1, 0.15) is 0 Å². The molecule has 0 radical (unpaired) electrons. The molecule has 0 atom stereocenters. The molecule has 0 bridgehead atoms. The Hall–Kier alpha value is -1.16. The smallest absolute Gasteiger partial charge is 0.160 e. The van der Waals surface area contributed by atoms with E-state index in [0.717, 1.165) is 62.9 Å². The first-order valence-corrected chi connectivity index (χ1v) is 8.11. The third-order valence-corrected chi connectivity index (χ3v) is 5.26. The van der Waals surface area contributed by atoms with Crippen molar-refractivity contribution in [3.8, 4) is 0 Å². The standard InChI is InChI=1S/C17H24F2N2/c18-14-10-13(17(12-20)6-2-1-3-7-17)16(11-15(14)19)21-8-4-5-9-21/h10-11H,1-9,12,20H2. The summed E-state index contributed by atoms with van der Waals surface area (Å²) in [4.78, 5) is 2.20. The number of nitrogens with zero attached hydrogens (tertiary/aromatic N) is 1. The maximum Gasteiger partial charge on any atom is 0.160 e. The molecule has 4 heteroatoms. The molecule has 1 aliphatic carbocycles. The van der Waals surface area contributed by atoms with Gasteiger partial charge in [0.05, 0.1) is 0 Å². The number of benzene rings is 1. The lowest BCUT2D eigenvalue weighted by molar-refractivity contribution is 0.299. The summed E-state index contributed by atoms with van der Waals surface area (Å²) in [5.74, 6) is -1.49. The van der Waals surface area contributed by atoms with Gasteiger partial charge in [-0.05, 0) is 37.3 Å². The summed E-state index contributed by atoms with van der Waals surface area (Å²) in [7, 11) is 0. The second kappa shape index (κ2) is 5.91. The molecule has 2 aliphatic rings. The molecule has 1 aromatic rings. The van der Waals surface area contributed by atoms with Gasteiger partial charge in [0.2, 0.25) is 0 Å². The topological polar surface area (TPSA) is 29.3 Å². The quantitative estimate of drug-likeness (QED) is 0.920. The molecule has 21 heavy (non-hydrogen) atoms. The van der Waals surface area contributed by atoms with Crippen molar-refractivity contribution in [2.45, 2.75) is 50.4 Å². The number of halogens is 2. The van der Waals surface area contributed by atoms with Gasteiger partial charge in [-0.1, -0.05) is 19.3 Å². The minimum atomic E-state index is -0.747. The summed E-state index contributed by atoms with van der Waals surface area (Å²) in [5, 5.41) is 0. The zero-order valence-corrected chi connectivity index (χ0v) is 12.5. The van der Waals surface area contributed by atoms with Crippen LogP contribution in [0.5, 0.6) is 0 Å². The van der Waals surface area contributed by atoms with Crippen molar-refractivity contribution in [1.29, 1.82) is 0 Å². The number of nitrogens with two attached hydrogens (primary N) is 1. The Labute approximate surface area is 125 Å². The summed E-state index contributed by atoms with van der Waals surface area (Å²) in [5.41, 5.74) is 7.72. The summed E-state index contributed by atoms with van der Waals surface area (Å²) in [6.45, 7) is 2.37. The third kappa shape index (κ3) is 2.66. The minimum absolute atomic E-state index is 0.176. The van der Waals surface area contributed by atoms with E-state index in [-0.39, 0.29) is 5.41 Å². The lowest BCUT2D eigenvalue weighted by Crippen LogP contribution is -2.39. The van der Waals surface area contributed by atoms with Gasteiger partial charge in [-0.3, -0.25) is 0 Å². The zero-order chi connectivity index (χ0) is 14.9. The van der Waals surface area contributed by atoms with Crippen molar-refractivity contribution in [3.05, 3.63) is 29.3 Å². The lowest BCUT2D eigenvalue weighted by atomic mass is 9.68. The van der Waals surface area contributed by atoms with Crippen molar-refractivity contribution in [3.63, 3.8) is 0 Å². The molecule has 0 amide bonds. The van der Waals surface area contributed by atoms with Crippen molar-refractivity contribution >= 4 is 5.69 Å². The molecule has 1 heterocycles. The molecule has 2 fully saturated rings. The van der Waals surface area contributed by atoms with Gasteiger partial charge in [-0.25, -0.2) is 8.78 Å². The molecule has 1 saturated heterocycles. The number of hydrogen-bond acceptors (Lipinski definition) is 2. The van der Waals surface area contributed by atoms with Gasteiger partial charge in [0.25, 0.3) is 0 Å². The third-order valence-electron chi connectivity index (χ3n) is 5.26. The fourth-order valence-electron chi connectivity index (χ4n) is 3.99. The van der Waals surface area contributed by atoms with Crippen molar-refractivity contribution in [2.24, 2.45) is 5.73 Å². The number of hydrogen-bond donors (Lipinski definition) is 1. The second-order valence-corrected chi connectivity index (χ2v) is 6.52. The average molecular weight is 294 g/mol. The minimum Gasteiger partial charge on any atom is -0.371 e. The summed E-state index contributed by atoms with van der Waals surface area (Å²) >= 11 is 0. The predicted molar refractivity (Wildman–Crippen MR) is 81.6 cm³/mol. The maximum absolute atomic E-state index is 13.9. The molecule has 0 spiro atoms. The fraction of sp³-hybridized carbons (Fsp3) is 0.647. The summed E-state index contributed by atoms with van der Waals surface area (Å²) < 4.78 is 27.6. The van der Waals surface area contributed by atoms with Gasteiger partial charge in [0.15, 0.2) is 11.6 Å². The van der Waals surface area contributed by atoms with Crippen molar-refractivity contribution in [1.82, 2.24) is 0 Å². The van der Waals surface area contributed by atoms with Gasteiger partial charge >= 0.3 is 0 Å². The average Bonchev–Trinajstić information content (AvgIpc) is 3.04. The molecule has 1 saturated carbocycles. The van der Waals surface area contributed by atoms with E-state index in [4.69, 9.17) is 5.73 Å². The second-order valence-electron chi connectivity index (χ2n) is 6.52. The Morgan fingerprint density at radius 1 is 0.952 bits per heavy atom. The number of anilines is 1. The molecule has 1 aliphatic heterocycles. The molecule has 0 aromatic heterocycles. The van der Waals surface area contributed by atoms with Crippen LogP contribution in [-0.4, -0.2) is 19.6 Å². The van der Waals surface area contributed by atoms with E-state index in [1.807, 2.05) is 0 Å². The highest BCUT2D eigenvalue weighted by atomic mass is 19.2. The summed E-state index contributed by atoms with van der Waals surface area (Å²) in [6.07, 6.45) is 7.66. The van der Waals surface area contributed by atoms with Crippen LogP contribution in [-0.2, 0) is 5.41 Å². The van der Waals surface area contributed by atoms with E-state index in [9.17, 15) is 8.78 Å². The van der Waals surface area contributed by atoms with E-state index in [1.165, 1.54) is 18.6 Å². The molecule has 0 unspecified atom stereocenters. The van der Waals surface area contributed by atoms with E-state index in [2.05, 4.69) is 4.90 Å². The van der Waals surface area contributed by atoms with Gasteiger partial charge in [-0.2, -0.15) is 0 Å². The van der Waals surface area contributed by atoms with E-state index >= 15 is 0 Å². The van der Waals surface area contributed by atoms with Crippen LogP contribution in [0.2, 0.25) is 0 Å². The normalized spacial score (nSPS) is 21.8. The Morgan fingerprint density at radius 2 is 1.57 bits per heavy atom. The Morgan fingerprint density at radius 3 is 2.19 bits per heavy atom. The predicted octanol–water partition coefficient (Wildman–Crippen LogP) is 3.73. The SMILES string of the molecule is NCC1(c2cc(F)c(F)cc2N2CCCC2)CCCCC1. The molecular weight excluding hydrogens is 270 g/mol. The lowest BCUT2D eigenvalue weighted by Gasteiger charge is -2.39. The fourth-order valence-corrected chi connectivity index (χ4v) is 3.99. The first kappa shape index (κ1) is 14.8. The van der Waals surface area contributed by atoms with Crippen LogP contribution in [0.3, 0.4) is 0 Å². The maximum atomic E-state index is 13.9. The van der Waals surface area contributed by atoms with Crippen molar-refractivity contribution < 1.29 is 8.78 Å². The highest BCUT2D eigenvalue weighted by Crippen LogP contribution is 2.44. The highest BCUT2D eigenvalue weighted by Gasteiger charge is 2.36. The van der Waals surface area contributed by atoms with Gasteiger partial charge in [-0.15, -0.1) is 0 Å². The van der Waals surface area contributed by atoms with Crippen LogP contribution in [0.1, 0.15) is 50.5 Å². The molecule has 2 nitrogen and oxygen atoms in total. The highest BCUT2D eigenvalue weighted by molar-refractivity contribution is 5.58. The molecule has 3 rings (SSSR count). The number of rotatable bonds is 3. The van der Waals surface area contributed by atoms with Crippen LogP contribution >= 0.6 is 0 Å². The van der Waals surface area contributed by atoms with Crippen LogP contribution in [0.15, 0.2) is 12.1 Å². The molecule has 2 N–H and O–H groups in total. The first-order valence-electron chi connectivity index (χ1n) is 8.11. The van der Waals surface area contributed by atoms with E-state index < -0.39 is 11.6 Å². The molecular formula is C17H24F2N2. The Kier molecular flexibility index (Phi) is 4.16. The van der Waals surface area contributed by atoms with E-state index in [0.29, 0.717) is 6.54 Å². The Balaban J connectivity index is 2.08. The molecule has 116 valence electrons. The van der Waals surface area contributed by atoms with Crippen LogP contribution in [0.25, 0.3) is 0 Å². The molecule has 1 aromatic carbocycles. The van der Waals surface area contributed by atoms with Crippen LogP contribution in [0, 0.1) is 11.6 Å². The first-order chi connectivity index (χ1) is 10.2. The van der Waals surface area contributed by atoms with Gasteiger partial charge < -0.3 is 10.6 Å². The van der Waals surface area contributed by atoms with E-state index in [1.54, 1.807) is 0 Å².